The summed E-state index contributed by atoms with van der Waals surface area (Å²) in [6.07, 6.45) is 3.16. The van der Waals surface area contributed by atoms with Gasteiger partial charge in [0, 0.05) is 28.4 Å². The minimum Gasteiger partial charge on any atom is -0.303 e. The SMILES string of the molecule is CC1C(c2cc3cccnc3s2)CCN1C. The molecule has 3 rings (SSSR count). The Hall–Kier alpha value is -0.930. The molecule has 2 unspecified atom stereocenters. The minimum atomic E-state index is 0.660. The zero-order valence-electron chi connectivity index (χ0n) is 9.68. The molecule has 3 heteroatoms. The van der Waals surface area contributed by atoms with Gasteiger partial charge in [0.15, 0.2) is 0 Å². The monoisotopic (exact) mass is 232 g/mol. The van der Waals surface area contributed by atoms with Crippen LogP contribution in [0.25, 0.3) is 10.2 Å². The van der Waals surface area contributed by atoms with Crippen LogP contribution in [0.5, 0.6) is 0 Å². The Balaban J connectivity index is 2.00. The molecule has 3 heterocycles. The summed E-state index contributed by atoms with van der Waals surface area (Å²) in [6.45, 7) is 3.54. The average Bonchev–Trinajstić information content (AvgIpc) is 2.84. The molecule has 1 saturated heterocycles. The van der Waals surface area contributed by atoms with Crippen LogP contribution in [0.4, 0.5) is 0 Å². The van der Waals surface area contributed by atoms with Gasteiger partial charge in [0.2, 0.25) is 0 Å². The van der Waals surface area contributed by atoms with E-state index in [9.17, 15) is 0 Å². The summed E-state index contributed by atoms with van der Waals surface area (Å²) in [4.78, 5) is 9.55. The largest absolute Gasteiger partial charge is 0.303 e. The molecule has 0 saturated carbocycles. The van der Waals surface area contributed by atoms with Crippen molar-refractivity contribution in [2.75, 3.05) is 13.6 Å². The van der Waals surface area contributed by atoms with Crippen molar-refractivity contribution in [2.45, 2.75) is 25.3 Å². The number of likely N-dealkylation sites (N-methyl/N-ethyl adjacent to an activating group) is 1. The van der Waals surface area contributed by atoms with Crippen molar-refractivity contribution in [3.8, 4) is 0 Å². The zero-order valence-corrected chi connectivity index (χ0v) is 10.5. The van der Waals surface area contributed by atoms with Gasteiger partial charge in [-0.05, 0) is 39.1 Å². The van der Waals surface area contributed by atoms with E-state index in [1.807, 2.05) is 23.6 Å². The maximum absolute atomic E-state index is 4.42. The summed E-state index contributed by atoms with van der Waals surface area (Å²) in [5.41, 5.74) is 0. The van der Waals surface area contributed by atoms with Gasteiger partial charge in [-0.2, -0.15) is 0 Å². The first-order valence-electron chi connectivity index (χ1n) is 5.80. The van der Waals surface area contributed by atoms with Crippen molar-refractivity contribution in [3.05, 3.63) is 29.3 Å². The van der Waals surface area contributed by atoms with Crippen LogP contribution in [-0.2, 0) is 0 Å². The third-order valence-corrected chi connectivity index (χ3v) is 4.94. The van der Waals surface area contributed by atoms with Crippen molar-refractivity contribution >= 4 is 21.6 Å². The van der Waals surface area contributed by atoms with Crippen LogP contribution in [0.15, 0.2) is 24.4 Å². The number of fused-ring (bicyclic) bond motifs is 1. The molecule has 1 aliphatic heterocycles. The molecule has 0 N–H and O–H groups in total. The Labute approximate surface area is 99.9 Å². The second kappa shape index (κ2) is 3.82. The fraction of sp³-hybridized carbons (Fsp3) is 0.462. The molecule has 1 aliphatic rings. The van der Waals surface area contributed by atoms with Crippen LogP contribution in [0.3, 0.4) is 0 Å². The number of likely N-dealkylation sites (tertiary alicyclic amines) is 1. The summed E-state index contributed by atoms with van der Waals surface area (Å²) in [7, 11) is 2.22. The van der Waals surface area contributed by atoms with Crippen LogP contribution in [0.1, 0.15) is 24.1 Å². The lowest BCUT2D eigenvalue weighted by molar-refractivity contribution is 0.319. The fourth-order valence-corrected chi connectivity index (χ4v) is 3.78. The number of thiophene rings is 1. The maximum atomic E-state index is 4.42. The molecule has 0 aromatic carbocycles. The summed E-state index contributed by atoms with van der Waals surface area (Å²) < 4.78 is 0. The quantitative estimate of drug-likeness (QED) is 0.751. The van der Waals surface area contributed by atoms with Crippen molar-refractivity contribution in [2.24, 2.45) is 0 Å². The van der Waals surface area contributed by atoms with E-state index in [0.29, 0.717) is 12.0 Å². The standard InChI is InChI=1S/C13H16N2S/c1-9-11(5-7-15(9)2)12-8-10-4-3-6-14-13(10)16-12/h3-4,6,8-9,11H,5,7H2,1-2H3. The smallest absolute Gasteiger partial charge is 0.123 e. The zero-order chi connectivity index (χ0) is 11.1. The lowest BCUT2D eigenvalue weighted by Gasteiger charge is -2.19. The molecule has 2 nitrogen and oxygen atoms in total. The Kier molecular flexibility index (Phi) is 2.45. The third-order valence-electron chi connectivity index (χ3n) is 3.75. The number of hydrogen-bond donors (Lipinski definition) is 0. The van der Waals surface area contributed by atoms with E-state index in [2.05, 4.69) is 36.0 Å². The van der Waals surface area contributed by atoms with Gasteiger partial charge in [-0.25, -0.2) is 4.98 Å². The molecule has 0 aliphatic carbocycles. The Morgan fingerprint density at radius 1 is 1.50 bits per heavy atom. The molecule has 84 valence electrons. The van der Waals surface area contributed by atoms with E-state index in [1.54, 1.807) is 0 Å². The van der Waals surface area contributed by atoms with Crippen LogP contribution in [0, 0.1) is 0 Å². The lowest BCUT2D eigenvalue weighted by Crippen LogP contribution is -2.24. The second-order valence-corrected chi connectivity index (χ2v) is 5.73. The predicted octanol–water partition coefficient (Wildman–Crippen LogP) is 3.10. The number of rotatable bonds is 1. The van der Waals surface area contributed by atoms with Gasteiger partial charge in [0.25, 0.3) is 0 Å². The summed E-state index contributed by atoms with van der Waals surface area (Å²) in [5.74, 6) is 0.698. The summed E-state index contributed by atoms with van der Waals surface area (Å²) in [6, 6.07) is 7.16. The van der Waals surface area contributed by atoms with Crippen LogP contribution < -0.4 is 0 Å². The number of hydrogen-bond acceptors (Lipinski definition) is 3. The van der Waals surface area contributed by atoms with Gasteiger partial charge < -0.3 is 4.90 Å². The molecular weight excluding hydrogens is 216 g/mol. The summed E-state index contributed by atoms with van der Waals surface area (Å²) >= 11 is 1.86. The Morgan fingerprint density at radius 2 is 2.38 bits per heavy atom. The van der Waals surface area contributed by atoms with Crippen LogP contribution >= 0.6 is 11.3 Å². The molecule has 0 radical (unpaired) electrons. The van der Waals surface area contributed by atoms with Gasteiger partial charge >= 0.3 is 0 Å². The maximum Gasteiger partial charge on any atom is 0.123 e. The van der Waals surface area contributed by atoms with Gasteiger partial charge in [-0.15, -0.1) is 11.3 Å². The topological polar surface area (TPSA) is 16.1 Å². The van der Waals surface area contributed by atoms with Crippen LogP contribution in [-0.4, -0.2) is 29.5 Å². The number of aromatic nitrogens is 1. The van der Waals surface area contributed by atoms with Crippen molar-refractivity contribution in [3.63, 3.8) is 0 Å². The molecule has 16 heavy (non-hydrogen) atoms. The van der Waals surface area contributed by atoms with Gasteiger partial charge in [-0.1, -0.05) is 6.07 Å². The number of pyridine rings is 1. The van der Waals surface area contributed by atoms with Gasteiger partial charge in [-0.3, -0.25) is 0 Å². The van der Waals surface area contributed by atoms with Crippen molar-refractivity contribution < 1.29 is 0 Å². The molecule has 0 bridgehead atoms. The van der Waals surface area contributed by atoms with Crippen molar-refractivity contribution in [1.82, 2.24) is 9.88 Å². The second-order valence-electron chi connectivity index (χ2n) is 4.66. The van der Waals surface area contributed by atoms with E-state index in [0.717, 1.165) is 0 Å². The highest BCUT2D eigenvalue weighted by atomic mass is 32.1. The molecule has 0 amide bonds. The molecule has 1 fully saturated rings. The average molecular weight is 232 g/mol. The van der Waals surface area contributed by atoms with E-state index in [-0.39, 0.29) is 0 Å². The lowest BCUT2D eigenvalue weighted by atomic mass is 10.00. The first-order valence-corrected chi connectivity index (χ1v) is 6.62. The molecular formula is C13H16N2S. The highest BCUT2D eigenvalue weighted by Crippen LogP contribution is 2.38. The first-order chi connectivity index (χ1) is 7.75. The predicted molar refractivity (Wildman–Crippen MR) is 69.1 cm³/mol. The molecule has 0 spiro atoms. The highest BCUT2D eigenvalue weighted by Gasteiger charge is 2.30. The molecule has 2 atom stereocenters. The number of nitrogens with zero attached hydrogens (tertiary/aromatic N) is 2. The van der Waals surface area contributed by atoms with Crippen LogP contribution in [0.2, 0.25) is 0 Å². The molecule has 2 aromatic heterocycles. The van der Waals surface area contributed by atoms with E-state index in [4.69, 9.17) is 0 Å². The fourth-order valence-electron chi connectivity index (χ4n) is 2.55. The Bertz CT molecular complexity index is 472. The van der Waals surface area contributed by atoms with E-state index < -0.39 is 0 Å². The van der Waals surface area contributed by atoms with Crippen molar-refractivity contribution in [1.29, 1.82) is 0 Å². The third kappa shape index (κ3) is 1.55. The highest BCUT2D eigenvalue weighted by molar-refractivity contribution is 7.18. The molecule has 2 aromatic rings. The first kappa shape index (κ1) is 10.2. The van der Waals surface area contributed by atoms with E-state index >= 15 is 0 Å². The summed E-state index contributed by atoms with van der Waals surface area (Å²) in [5, 5.41) is 1.30. The van der Waals surface area contributed by atoms with Gasteiger partial charge in [0.1, 0.15) is 4.83 Å². The van der Waals surface area contributed by atoms with E-state index in [1.165, 1.54) is 28.1 Å². The Morgan fingerprint density at radius 3 is 3.06 bits per heavy atom. The normalized spacial score (nSPS) is 26.6. The van der Waals surface area contributed by atoms with Gasteiger partial charge in [0.05, 0.1) is 0 Å². The minimum absolute atomic E-state index is 0.660.